The van der Waals surface area contributed by atoms with E-state index < -0.39 is 0 Å². The second kappa shape index (κ2) is 3.54. The molecule has 2 nitrogen and oxygen atoms in total. The fraction of sp³-hybridized carbons (Fsp3) is 0.308. The first-order valence-corrected chi connectivity index (χ1v) is 5.47. The Morgan fingerprint density at radius 1 is 1.27 bits per heavy atom. The predicted molar refractivity (Wildman–Crippen MR) is 60.5 cm³/mol. The second-order valence-corrected chi connectivity index (χ2v) is 3.97. The highest BCUT2D eigenvalue weighted by Gasteiger charge is 2.11. The van der Waals surface area contributed by atoms with Gasteiger partial charge in [0.25, 0.3) is 0 Å². The second-order valence-electron chi connectivity index (χ2n) is 3.97. The van der Waals surface area contributed by atoms with Gasteiger partial charge in [-0.2, -0.15) is 0 Å². The third-order valence-electron chi connectivity index (χ3n) is 2.89. The van der Waals surface area contributed by atoms with Gasteiger partial charge in [0.05, 0.1) is 0 Å². The molecule has 76 valence electrons. The summed E-state index contributed by atoms with van der Waals surface area (Å²) in [4.78, 5) is 4.28. The maximum atomic E-state index is 5.78. The maximum absolute atomic E-state index is 5.78. The first kappa shape index (κ1) is 8.72. The fourth-order valence-corrected chi connectivity index (χ4v) is 2.09. The van der Waals surface area contributed by atoms with E-state index in [1.165, 1.54) is 24.8 Å². The Morgan fingerprint density at radius 3 is 3.07 bits per heavy atom. The molecular weight excluding hydrogens is 186 g/mol. The Labute approximate surface area is 88.6 Å². The van der Waals surface area contributed by atoms with E-state index in [2.05, 4.69) is 11.1 Å². The Bertz CT molecular complexity index is 477. The molecule has 0 N–H and O–H groups in total. The fourth-order valence-electron chi connectivity index (χ4n) is 2.09. The van der Waals surface area contributed by atoms with Crippen LogP contribution in [0.4, 0.5) is 0 Å². The van der Waals surface area contributed by atoms with Gasteiger partial charge in [0.15, 0.2) is 5.58 Å². The van der Waals surface area contributed by atoms with E-state index in [1.54, 1.807) is 6.20 Å². The standard InChI is InChI=1S/C13H13NO/c1-2-5-10(6-3-1)13-9-11-12(15-13)7-4-8-14-11/h4-5,7-9H,1-3,6H2. The molecule has 0 fully saturated rings. The number of pyridine rings is 1. The highest BCUT2D eigenvalue weighted by Crippen LogP contribution is 2.30. The molecule has 0 spiro atoms. The van der Waals surface area contributed by atoms with Gasteiger partial charge in [-0.25, -0.2) is 0 Å². The minimum Gasteiger partial charge on any atom is -0.455 e. The Morgan fingerprint density at radius 2 is 2.27 bits per heavy atom. The zero-order valence-electron chi connectivity index (χ0n) is 8.57. The van der Waals surface area contributed by atoms with Gasteiger partial charge in [-0.15, -0.1) is 0 Å². The van der Waals surface area contributed by atoms with Crippen molar-refractivity contribution in [2.24, 2.45) is 0 Å². The first-order chi connectivity index (χ1) is 7.43. The smallest absolute Gasteiger partial charge is 0.153 e. The van der Waals surface area contributed by atoms with Crippen molar-refractivity contribution in [2.75, 3.05) is 0 Å². The molecular formula is C13H13NO. The van der Waals surface area contributed by atoms with Crippen molar-refractivity contribution in [1.82, 2.24) is 4.98 Å². The van der Waals surface area contributed by atoms with Gasteiger partial charge < -0.3 is 4.42 Å². The Balaban J connectivity index is 2.07. The van der Waals surface area contributed by atoms with Crippen molar-refractivity contribution in [2.45, 2.75) is 25.7 Å². The van der Waals surface area contributed by atoms with Gasteiger partial charge in [0.2, 0.25) is 0 Å². The topological polar surface area (TPSA) is 26.0 Å². The van der Waals surface area contributed by atoms with Crippen LogP contribution < -0.4 is 0 Å². The van der Waals surface area contributed by atoms with Crippen LogP contribution in [-0.4, -0.2) is 4.98 Å². The first-order valence-electron chi connectivity index (χ1n) is 5.47. The van der Waals surface area contributed by atoms with E-state index in [0.29, 0.717) is 0 Å². The Hall–Kier alpha value is -1.57. The van der Waals surface area contributed by atoms with E-state index in [-0.39, 0.29) is 0 Å². The maximum Gasteiger partial charge on any atom is 0.153 e. The van der Waals surface area contributed by atoms with Gasteiger partial charge in [0.1, 0.15) is 11.3 Å². The molecule has 1 aliphatic rings. The molecule has 0 atom stereocenters. The third-order valence-corrected chi connectivity index (χ3v) is 2.89. The lowest BCUT2D eigenvalue weighted by molar-refractivity contribution is 0.588. The van der Waals surface area contributed by atoms with Gasteiger partial charge in [-0.05, 0) is 43.4 Å². The lowest BCUT2D eigenvalue weighted by Gasteiger charge is -2.09. The molecule has 0 bridgehead atoms. The van der Waals surface area contributed by atoms with Crippen LogP contribution in [0, 0.1) is 0 Å². The van der Waals surface area contributed by atoms with Crippen LogP contribution in [0.15, 0.2) is 34.9 Å². The van der Waals surface area contributed by atoms with Gasteiger partial charge >= 0.3 is 0 Å². The van der Waals surface area contributed by atoms with Crippen molar-refractivity contribution in [3.63, 3.8) is 0 Å². The summed E-state index contributed by atoms with van der Waals surface area (Å²) < 4.78 is 5.78. The minimum absolute atomic E-state index is 0.888. The molecule has 2 heterocycles. The summed E-state index contributed by atoms with van der Waals surface area (Å²) in [5, 5.41) is 0. The van der Waals surface area contributed by atoms with Crippen LogP contribution in [0.1, 0.15) is 31.4 Å². The molecule has 2 aromatic rings. The van der Waals surface area contributed by atoms with E-state index in [0.717, 1.165) is 23.3 Å². The summed E-state index contributed by atoms with van der Waals surface area (Å²) in [6.07, 6.45) is 9.00. The number of aromatic nitrogens is 1. The Kier molecular flexibility index (Phi) is 2.05. The number of hydrogen-bond donors (Lipinski definition) is 0. The molecule has 0 unspecified atom stereocenters. The molecule has 2 heteroatoms. The molecule has 0 saturated heterocycles. The number of allylic oxidation sites excluding steroid dienone is 2. The average Bonchev–Trinajstić information content (AvgIpc) is 2.74. The van der Waals surface area contributed by atoms with E-state index in [9.17, 15) is 0 Å². The summed E-state index contributed by atoms with van der Waals surface area (Å²) in [5.41, 5.74) is 3.19. The quantitative estimate of drug-likeness (QED) is 0.698. The average molecular weight is 199 g/mol. The molecule has 1 aliphatic carbocycles. The van der Waals surface area contributed by atoms with Crippen LogP contribution >= 0.6 is 0 Å². The lowest BCUT2D eigenvalue weighted by atomic mass is 9.98. The highest BCUT2D eigenvalue weighted by atomic mass is 16.3. The SMILES string of the molecule is C1=C(c2cc3ncccc3o2)CCCC1. The van der Waals surface area contributed by atoms with Crippen LogP contribution in [0.5, 0.6) is 0 Å². The van der Waals surface area contributed by atoms with Crippen molar-refractivity contribution < 1.29 is 4.42 Å². The van der Waals surface area contributed by atoms with E-state index in [4.69, 9.17) is 4.42 Å². The monoisotopic (exact) mass is 199 g/mol. The van der Waals surface area contributed by atoms with Gasteiger partial charge in [-0.1, -0.05) is 6.08 Å². The molecule has 2 aromatic heterocycles. The normalized spacial score (nSPS) is 16.7. The largest absolute Gasteiger partial charge is 0.455 e. The van der Waals surface area contributed by atoms with Crippen molar-refractivity contribution in [3.05, 3.63) is 36.2 Å². The molecule has 0 aliphatic heterocycles. The molecule has 3 rings (SSSR count). The predicted octanol–water partition coefficient (Wildman–Crippen LogP) is 3.79. The van der Waals surface area contributed by atoms with E-state index >= 15 is 0 Å². The van der Waals surface area contributed by atoms with Crippen LogP contribution in [0.25, 0.3) is 16.7 Å². The number of furan rings is 1. The molecule has 0 amide bonds. The summed E-state index contributed by atoms with van der Waals surface area (Å²) in [5.74, 6) is 1.00. The van der Waals surface area contributed by atoms with Crippen LogP contribution in [0.3, 0.4) is 0 Å². The zero-order valence-corrected chi connectivity index (χ0v) is 8.57. The molecule has 0 aromatic carbocycles. The lowest BCUT2D eigenvalue weighted by Crippen LogP contribution is -1.89. The molecule has 15 heavy (non-hydrogen) atoms. The van der Waals surface area contributed by atoms with Crippen LogP contribution in [0.2, 0.25) is 0 Å². The van der Waals surface area contributed by atoms with Crippen molar-refractivity contribution in [3.8, 4) is 0 Å². The summed E-state index contributed by atoms with van der Waals surface area (Å²) in [7, 11) is 0. The number of fused-ring (bicyclic) bond motifs is 1. The van der Waals surface area contributed by atoms with E-state index in [1.807, 2.05) is 18.2 Å². The van der Waals surface area contributed by atoms with Crippen molar-refractivity contribution >= 4 is 16.7 Å². The van der Waals surface area contributed by atoms with Crippen molar-refractivity contribution in [1.29, 1.82) is 0 Å². The summed E-state index contributed by atoms with van der Waals surface area (Å²) >= 11 is 0. The van der Waals surface area contributed by atoms with Gasteiger partial charge in [-0.3, -0.25) is 4.98 Å². The number of hydrogen-bond acceptors (Lipinski definition) is 2. The number of nitrogens with zero attached hydrogens (tertiary/aromatic N) is 1. The minimum atomic E-state index is 0.888. The molecule has 0 saturated carbocycles. The van der Waals surface area contributed by atoms with Gasteiger partial charge in [0, 0.05) is 12.3 Å². The highest BCUT2D eigenvalue weighted by molar-refractivity contribution is 5.78. The zero-order chi connectivity index (χ0) is 10.1. The molecule has 0 radical (unpaired) electrons. The third kappa shape index (κ3) is 1.56. The summed E-state index contributed by atoms with van der Waals surface area (Å²) in [6.45, 7) is 0. The number of rotatable bonds is 1. The summed E-state index contributed by atoms with van der Waals surface area (Å²) in [6, 6.07) is 5.92. The van der Waals surface area contributed by atoms with Crippen LogP contribution in [-0.2, 0) is 0 Å².